The van der Waals surface area contributed by atoms with Crippen LogP contribution >= 0.6 is 0 Å². The van der Waals surface area contributed by atoms with E-state index in [1.165, 1.54) is 30.4 Å². The Morgan fingerprint density at radius 3 is 1.48 bits per heavy atom. The largest absolute Gasteiger partial charge is 0.348 e. The fraction of sp³-hybridized carbons (Fsp3) is 0.444. The van der Waals surface area contributed by atoms with Crippen molar-refractivity contribution in [2.24, 2.45) is 14.1 Å². The number of benzene rings is 2. The molecule has 1 aliphatic rings. The van der Waals surface area contributed by atoms with Crippen molar-refractivity contribution in [3.63, 3.8) is 0 Å². The molecular weight excluding hydrogens is 548 g/mol. The molecule has 1 fully saturated rings. The number of aromatic nitrogens is 4. The van der Waals surface area contributed by atoms with Crippen molar-refractivity contribution >= 4 is 23.2 Å². The maximum Gasteiger partial charge on any atom is 0.348 e. The zero-order chi connectivity index (χ0) is 31.1. The van der Waals surface area contributed by atoms with Crippen LogP contribution in [0.15, 0.2) is 73.3 Å². The van der Waals surface area contributed by atoms with E-state index in [1.54, 1.807) is 0 Å². The molecule has 44 heavy (non-hydrogen) atoms. The fourth-order valence-corrected chi connectivity index (χ4v) is 6.67. The summed E-state index contributed by atoms with van der Waals surface area (Å²) in [6.45, 7) is 5.97. The molecule has 0 spiro atoms. The maximum atomic E-state index is 13.2. The number of carbonyl (C=O) groups is 2. The summed E-state index contributed by atoms with van der Waals surface area (Å²) in [5.74, 6) is 1.11. The van der Waals surface area contributed by atoms with Crippen LogP contribution in [0.4, 0.5) is 11.4 Å². The lowest BCUT2D eigenvalue weighted by molar-refractivity contribution is -0.673. The zero-order valence-corrected chi connectivity index (χ0v) is 26.8. The SMILES string of the molecule is CCCCn1cc[n+](C)c1C(=O)Nc1ccc(C2(c3ccc(NC(=O)c4n(CCCC)cc[n+]4C)cc3)CCCCC2)cc1. The molecule has 2 aromatic heterocycles. The van der Waals surface area contributed by atoms with Crippen LogP contribution < -0.4 is 19.8 Å². The van der Waals surface area contributed by atoms with E-state index in [9.17, 15) is 9.59 Å². The van der Waals surface area contributed by atoms with Crippen LogP contribution in [0.3, 0.4) is 0 Å². The molecule has 2 amide bonds. The Morgan fingerprint density at radius 2 is 1.09 bits per heavy atom. The second kappa shape index (κ2) is 14.1. The number of hydrogen-bond acceptors (Lipinski definition) is 2. The average Bonchev–Trinajstić information content (AvgIpc) is 3.61. The standard InChI is InChI=1S/C36H46N6O2/c1-5-7-22-41-26-24-39(3)34(41)32(43)37-30-16-12-28(13-17-30)36(20-10-9-11-21-36)29-14-18-31(19-15-29)38-33(44)35-40(4)25-27-42(35)23-8-6-2/h12-19,24-27H,5-11,20-23H2,1-4H3/p+2. The molecular formula is C36H48N6O2+2. The molecule has 8 heteroatoms. The van der Waals surface area contributed by atoms with E-state index in [4.69, 9.17) is 0 Å². The number of nitrogens with one attached hydrogen (secondary N) is 2. The molecule has 0 saturated heterocycles. The Labute approximate surface area is 261 Å². The first-order valence-electron chi connectivity index (χ1n) is 16.3. The summed E-state index contributed by atoms with van der Waals surface area (Å²) in [4.78, 5) is 26.5. The maximum absolute atomic E-state index is 13.2. The van der Waals surface area contributed by atoms with Gasteiger partial charge in [0, 0.05) is 16.8 Å². The van der Waals surface area contributed by atoms with Crippen molar-refractivity contribution in [1.29, 1.82) is 0 Å². The predicted molar refractivity (Wildman–Crippen MR) is 174 cm³/mol. The van der Waals surface area contributed by atoms with Gasteiger partial charge in [0.1, 0.15) is 24.8 Å². The third-order valence-corrected chi connectivity index (χ3v) is 9.16. The fourth-order valence-electron chi connectivity index (χ4n) is 6.67. The highest BCUT2D eigenvalue weighted by molar-refractivity contribution is 6.01. The van der Waals surface area contributed by atoms with Crippen LogP contribution in [0.5, 0.6) is 0 Å². The van der Waals surface area contributed by atoms with Crippen molar-refractivity contribution in [2.45, 2.75) is 90.1 Å². The molecule has 0 unspecified atom stereocenters. The summed E-state index contributed by atoms with van der Waals surface area (Å²) >= 11 is 0. The highest BCUT2D eigenvalue weighted by Gasteiger charge is 2.36. The number of amides is 2. The van der Waals surface area contributed by atoms with Gasteiger partial charge >= 0.3 is 23.5 Å². The van der Waals surface area contributed by atoms with Crippen molar-refractivity contribution < 1.29 is 18.7 Å². The van der Waals surface area contributed by atoms with E-state index in [1.807, 2.05) is 81.4 Å². The highest BCUT2D eigenvalue weighted by Crippen LogP contribution is 2.45. The van der Waals surface area contributed by atoms with Gasteiger partial charge in [0.2, 0.25) is 0 Å². The summed E-state index contributed by atoms with van der Waals surface area (Å²) in [6, 6.07) is 16.8. The highest BCUT2D eigenvalue weighted by atomic mass is 16.2. The number of unbranched alkanes of at least 4 members (excludes halogenated alkanes) is 2. The van der Waals surface area contributed by atoms with Crippen LogP contribution in [0.25, 0.3) is 0 Å². The van der Waals surface area contributed by atoms with Crippen LogP contribution in [-0.4, -0.2) is 20.9 Å². The molecule has 2 aromatic carbocycles. The molecule has 2 N–H and O–H groups in total. The first kappa shape index (κ1) is 31.2. The van der Waals surface area contributed by atoms with Gasteiger partial charge in [-0.25, -0.2) is 18.3 Å². The molecule has 0 radical (unpaired) electrons. The topological polar surface area (TPSA) is 75.8 Å². The predicted octanol–water partition coefficient (Wildman–Crippen LogP) is 6.29. The van der Waals surface area contributed by atoms with Gasteiger partial charge < -0.3 is 10.6 Å². The minimum absolute atomic E-state index is 0.0914. The summed E-state index contributed by atoms with van der Waals surface area (Å²) in [5, 5.41) is 6.23. The van der Waals surface area contributed by atoms with Crippen molar-refractivity contribution in [1.82, 2.24) is 9.13 Å². The van der Waals surface area contributed by atoms with Gasteiger partial charge in [-0.2, -0.15) is 0 Å². The summed E-state index contributed by atoms with van der Waals surface area (Å²) < 4.78 is 7.82. The summed E-state index contributed by atoms with van der Waals surface area (Å²) in [7, 11) is 3.82. The van der Waals surface area contributed by atoms with E-state index in [0.717, 1.165) is 63.0 Å². The number of carbonyl (C=O) groups excluding carboxylic acids is 2. The molecule has 1 aliphatic carbocycles. The van der Waals surface area contributed by atoms with Gasteiger partial charge in [-0.3, -0.25) is 9.59 Å². The minimum atomic E-state index is -0.0994. The van der Waals surface area contributed by atoms with Crippen molar-refractivity contribution in [3.8, 4) is 0 Å². The molecule has 232 valence electrons. The Hall–Kier alpha value is -4.20. The number of anilines is 2. The lowest BCUT2D eigenvalue weighted by Crippen LogP contribution is -2.38. The van der Waals surface area contributed by atoms with Crippen LogP contribution in [0.2, 0.25) is 0 Å². The van der Waals surface area contributed by atoms with Gasteiger partial charge in [0.15, 0.2) is 0 Å². The van der Waals surface area contributed by atoms with E-state index in [0.29, 0.717) is 11.6 Å². The molecule has 4 aromatic rings. The zero-order valence-electron chi connectivity index (χ0n) is 26.8. The normalized spacial score (nSPS) is 14.4. The average molecular weight is 597 g/mol. The van der Waals surface area contributed by atoms with Crippen LogP contribution in [0.1, 0.15) is 104 Å². The Bertz CT molecular complexity index is 1450. The van der Waals surface area contributed by atoms with E-state index >= 15 is 0 Å². The third kappa shape index (κ3) is 6.64. The number of rotatable bonds is 12. The minimum Gasteiger partial charge on any atom is -0.315 e. The second-order valence-corrected chi connectivity index (χ2v) is 12.3. The monoisotopic (exact) mass is 596 g/mol. The molecule has 0 bridgehead atoms. The first-order chi connectivity index (χ1) is 21.4. The third-order valence-electron chi connectivity index (χ3n) is 9.16. The van der Waals surface area contributed by atoms with Crippen molar-refractivity contribution in [3.05, 3.63) is 96.1 Å². The second-order valence-electron chi connectivity index (χ2n) is 12.3. The van der Waals surface area contributed by atoms with Crippen molar-refractivity contribution in [2.75, 3.05) is 10.6 Å². The Balaban J connectivity index is 1.32. The first-order valence-corrected chi connectivity index (χ1v) is 16.3. The van der Waals surface area contributed by atoms with E-state index in [-0.39, 0.29) is 17.2 Å². The van der Waals surface area contributed by atoms with Crippen LogP contribution in [-0.2, 0) is 32.6 Å². The van der Waals surface area contributed by atoms with Gasteiger partial charge in [0.05, 0.1) is 27.2 Å². The molecule has 0 atom stereocenters. The Kier molecular flexibility index (Phi) is 9.98. The molecule has 0 aliphatic heterocycles. The molecule has 5 rings (SSSR count). The van der Waals surface area contributed by atoms with E-state index in [2.05, 4.69) is 48.7 Å². The number of aryl methyl sites for hydroxylation is 4. The number of nitrogens with zero attached hydrogens (tertiary/aromatic N) is 4. The smallest absolute Gasteiger partial charge is 0.315 e. The lowest BCUT2D eigenvalue weighted by Gasteiger charge is -2.39. The Morgan fingerprint density at radius 1 is 0.682 bits per heavy atom. The number of hydrogen-bond donors (Lipinski definition) is 2. The van der Waals surface area contributed by atoms with Gasteiger partial charge in [-0.05, 0) is 61.1 Å². The van der Waals surface area contributed by atoms with Gasteiger partial charge in [-0.1, -0.05) is 70.2 Å². The summed E-state index contributed by atoms with van der Waals surface area (Å²) in [6.07, 6.45) is 17.8. The van der Waals surface area contributed by atoms with Gasteiger partial charge in [0.25, 0.3) is 0 Å². The van der Waals surface area contributed by atoms with Crippen LogP contribution in [0, 0.1) is 0 Å². The molecule has 1 saturated carbocycles. The quantitative estimate of drug-likeness (QED) is 0.189. The van der Waals surface area contributed by atoms with E-state index < -0.39 is 0 Å². The summed E-state index contributed by atoms with van der Waals surface area (Å²) in [5.41, 5.74) is 4.03. The number of imidazole rings is 2. The molecule has 8 nitrogen and oxygen atoms in total. The molecule has 2 heterocycles. The lowest BCUT2D eigenvalue weighted by atomic mass is 9.65. The van der Waals surface area contributed by atoms with Gasteiger partial charge in [-0.15, -0.1) is 0 Å².